The highest BCUT2D eigenvalue weighted by molar-refractivity contribution is 6.39. The molecule has 1 aliphatic heterocycles. The molecule has 0 saturated carbocycles. The summed E-state index contributed by atoms with van der Waals surface area (Å²) in [4.78, 5) is 26.9. The second-order valence-corrected chi connectivity index (χ2v) is 5.59. The van der Waals surface area contributed by atoms with E-state index in [2.05, 4.69) is 15.6 Å². The molecule has 1 aromatic heterocycles. The fourth-order valence-corrected chi connectivity index (χ4v) is 2.27. The van der Waals surface area contributed by atoms with Crippen LogP contribution in [0.2, 0.25) is 0 Å². The molecule has 0 fully saturated rings. The summed E-state index contributed by atoms with van der Waals surface area (Å²) in [7, 11) is 0. The topological polar surface area (TPSA) is 89.5 Å². The number of carbonyl (C=O) groups is 2. The lowest BCUT2D eigenvalue weighted by molar-refractivity contribution is -0.141. The molecule has 0 aliphatic carbocycles. The maximum absolute atomic E-state index is 12.4. The number of pyridine rings is 1. The molecule has 0 radical (unpaired) electrons. The van der Waals surface area contributed by atoms with Crippen molar-refractivity contribution in [2.45, 2.75) is 12.3 Å². The number of benzene rings is 1. The second-order valence-electron chi connectivity index (χ2n) is 5.59. The van der Waals surface area contributed by atoms with Crippen molar-refractivity contribution in [3.8, 4) is 11.5 Å². The Bertz CT molecular complexity index is 840. The van der Waals surface area contributed by atoms with Gasteiger partial charge in [-0.3, -0.25) is 9.59 Å². The van der Waals surface area contributed by atoms with Crippen LogP contribution in [0.5, 0.6) is 11.5 Å². The zero-order valence-corrected chi connectivity index (χ0v) is 13.7. The maximum Gasteiger partial charge on any atom is 0.433 e. The van der Waals surface area contributed by atoms with Crippen molar-refractivity contribution in [2.24, 2.45) is 0 Å². The molecule has 10 heteroatoms. The lowest BCUT2D eigenvalue weighted by Crippen LogP contribution is -2.44. The van der Waals surface area contributed by atoms with Gasteiger partial charge in [0.2, 0.25) is 0 Å². The normalized spacial score (nSPS) is 15.7. The van der Waals surface area contributed by atoms with Crippen molar-refractivity contribution in [3.05, 3.63) is 48.3 Å². The van der Waals surface area contributed by atoms with Crippen molar-refractivity contribution in [2.75, 3.05) is 18.5 Å². The molecule has 27 heavy (non-hydrogen) atoms. The number of aromatic nitrogens is 1. The molecule has 0 spiro atoms. The number of hydrogen-bond acceptors (Lipinski definition) is 5. The molecular weight excluding hydrogens is 367 g/mol. The SMILES string of the molecule is O=C(NC[C@@H]1COc2ccccc2O1)C(=O)Nc1ccc(C(F)(F)F)nc1. The lowest BCUT2D eigenvalue weighted by atomic mass is 10.2. The Morgan fingerprint density at radius 2 is 1.85 bits per heavy atom. The number of para-hydroxylation sites is 2. The van der Waals surface area contributed by atoms with E-state index in [9.17, 15) is 22.8 Å². The number of halogens is 3. The predicted molar refractivity (Wildman–Crippen MR) is 87.2 cm³/mol. The Balaban J connectivity index is 1.49. The van der Waals surface area contributed by atoms with Crippen LogP contribution >= 0.6 is 0 Å². The van der Waals surface area contributed by atoms with Crippen molar-refractivity contribution in [1.82, 2.24) is 10.3 Å². The zero-order valence-electron chi connectivity index (χ0n) is 13.7. The van der Waals surface area contributed by atoms with Crippen molar-refractivity contribution >= 4 is 17.5 Å². The van der Waals surface area contributed by atoms with E-state index in [1.165, 1.54) is 0 Å². The van der Waals surface area contributed by atoms with E-state index < -0.39 is 29.8 Å². The molecule has 3 rings (SSSR count). The third kappa shape index (κ3) is 4.66. The molecule has 142 valence electrons. The molecular formula is C17H14F3N3O4. The van der Waals surface area contributed by atoms with E-state index in [0.29, 0.717) is 17.6 Å². The van der Waals surface area contributed by atoms with Gasteiger partial charge in [-0.05, 0) is 24.3 Å². The van der Waals surface area contributed by atoms with Gasteiger partial charge in [0, 0.05) is 0 Å². The second kappa shape index (κ2) is 7.52. The fraction of sp³-hybridized carbons (Fsp3) is 0.235. The van der Waals surface area contributed by atoms with Crippen LogP contribution in [0.1, 0.15) is 5.69 Å². The van der Waals surface area contributed by atoms with E-state index in [4.69, 9.17) is 9.47 Å². The summed E-state index contributed by atoms with van der Waals surface area (Å²) < 4.78 is 48.5. The van der Waals surface area contributed by atoms with Crippen molar-refractivity contribution in [3.63, 3.8) is 0 Å². The van der Waals surface area contributed by atoms with Gasteiger partial charge in [0.05, 0.1) is 18.4 Å². The molecule has 0 unspecified atom stereocenters. The molecule has 2 heterocycles. The summed E-state index contributed by atoms with van der Waals surface area (Å²) in [5.41, 5.74) is -1.13. The summed E-state index contributed by atoms with van der Waals surface area (Å²) in [6.45, 7) is 0.216. The average Bonchev–Trinajstić information content (AvgIpc) is 2.65. The van der Waals surface area contributed by atoms with Gasteiger partial charge in [0.1, 0.15) is 18.4 Å². The summed E-state index contributed by atoms with van der Waals surface area (Å²) in [5.74, 6) is -0.873. The highest BCUT2D eigenvalue weighted by atomic mass is 19.4. The van der Waals surface area contributed by atoms with Crippen LogP contribution in [0.4, 0.5) is 18.9 Å². The first-order valence-corrected chi connectivity index (χ1v) is 7.84. The van der Waals surface area contributed by atoms with Crippen LogP contribution in [-0.4, -0.2) is 36.1 Å². The minimum atomic E-state index is -4.58. The molecule has 1 aliphatic rings. The monoisotopic (exact) mass is 381 g/mol. The van der Waals surface area contributed by atoms with E-state index in [0.717, 1.165) is 12.3 Å². The largest absolute Gasteiger partial charge is 0.486 e. The van der Waals surface area contributed by atoms with E-state index >= 15 is 0 Å². The minimum Gasteiger partial charge on any atom is -0.486 e. The fourth-order valence-electron chi connectivity index (χ4n) is 2.27. The Labute approximate surface area is 151 Å². The van der Waals surface area contributed by atoms with Gasteiger partial charge < -0.3 is 20.1 Å². The molecule has 7 nitrogen and oxygen atoms in total. The quantitative estimate of drug-likeness (QED) is 0.794. The Hall–Kier alpha value is -3.30. The molecule has 0 saturated heterocycles. The van der Waals surface area contributed by atoms with E-state index in [-0.39, 0.29) is 18.8 Å². The van der Waals surface area contributed by atoms with Crippen molar-refractivity contribution < 1.29 is 32.2 Å². The Morgan fingerprint density at radius 3 is 2.52 bits per heavy atom. The standard InChI is InChI=1S/C17H14F3N3O4/c18-17(19,20)14-6-5-10(7-21-14)23-16(25)15(24)22-8-11-9-26-12-3-1-2-4-13(12)27-11/h1-7,11H,8-9H2,(H,22,24)(H,23,25)/t11-/m1/s1. The number of anilines is 1. The molecule has 2 N–H and O–H groups in total. The third-order valence-corrected chi connectivity index (χ3v) is 3.58. The maximum atomic E-state index is 12.4. The van der Waals surface area contributed by atoms with Crippen LogP contribution in [-0.2, 0) is 15.8 Å². The number of rotatable bonds is 3. The number of hydrogen-bond donors (Lipinski definition) is 2. The van der Waals surface area contributed by atoms with Gasteiger partial charge in [-0.1, -0.05) is 12.1 Å². The molecule has 2 amide bonds. The van der Waals surface area contributed by atoms with Gasteiger partial charge in [0.15, 0.2) is 11.5 Å². The summed E-state index contributed by atoms with van der Waals surface area (Å²) in [6, 6.07) is 8.75. The highest BCUT2D eigenvalue weighted by Gasteiger charge is 2.32. The van der Waals surface area contributed by atoms with Crippen LogP contribution in [0.3, 0.4) is 0 Å². The van der Waals surface area contributed by atoms with Gasteiger partial charge in [-0.15, -0.1) is 0 Å². The van der Waals surface area contributed by atoms with Gasteiger partial charge >= 0.3 is 18.0 Å². The van der Waals surface area contributed by atoms with Crippen molar-refractivity contribution in [1.29, 1.82) is 0 Å². The first kappa shape index (κ1) is 18.5. The first-order valence-electron chi connectivity index (χ1n) is 7.84. The minimum absolute atomic E-state index is 0.0197. The third-order valence-electron chi connectivity index (χ3n) is 3.58. The molecule has 0 bridgehead atoms. The number of alkyl halides is 3. The smallest absolute Gasteiger partial charge is 0.433 e. The lowest BCUT2D eigenvalue weighted by Gasteiger charge is -2.26. The Morgan fingerprint density at radius 1 is 1.11 bits per heavy atom. The summed E-state index contributed by atoms with van der Waals surface area (Å²) in [5, 5.41) is 4.55. The Kier molecular flexibility index (Phi) is 5.15. The van der Waals surface area contributed by atoms with Gasteiger partial charge in [0.25, 0.3) is 0 Å². The van der Waals surface area contributed by atoms with Gasteiger partial charge in [-0.25, -0.2) is 4.98 Å². The molecule has 2 aromatic rings. The number of carbonyl (C=O) groups excluding carboxylic acids is 2. The summed E-state index contributed by atoms with van der Waals surface area (Å²) in [6.07, 6.45) is -4.24. The zero-order chi connectivity index (χ0) is 19.4. The van der Waals surface area contributed by atoms with Crippen LogP contribution in [0.25, 0.3) is 0 Å². The first-order chi connectivity index (χ1) is 12.8. The number of ether oxygens (including phenoxy) is 2. The van der Waals surface area contributed by atoms with Crippen LogP contribution in [0, 0.1) is 0 Å². The average molecular weight is 381 g/mol. The number of amides is 2. The summed E-state index contributed by atoms with van der Waals surface area (Å²) >= 11 is 0. The number of fused-ring (bicyclic) bond motifs is 1. The van der Waals surface area contributed by atoms with E-state index in [1.54, 1.807) is 24.3 Å². The number of nitrogens with zero attached hydrogens (tertiary/aromatic N) is 1. The molecule has 1 aromatic carbocycles. The van der Waals surface area contributed by atoms with Gasteiger partial charge in [-0.2, -0.15) is 13.2 Å². The van der Waals surface area contributed by atoms with Crippen LogP contribution in [0.15, 0.2) is 42.6 Å². The molecule has 1 atom stereocenters. The van der Waals surface area contributed by atoms with E-state index in [1.807, 2.05) is 0 Å². The predicted octanol–water partition coefficient (Wildman–Crippen LogP) is 2.00. The van der Waals surface area contributed by atoms with Crippen LogP contribution < -0.4 is 20.1 Å². The number of nitrogens with one attached hydrogen (secondary N) is 2. The highest BCUT2D eigenvalue weighted by Crippen LogP contribution is 2.30.